The van der Waals surface area contributed by atoms with Gasteiger partial charge in [-0.2, -0.15) is 0 Å². The fraction of sp³-hybridized carbons (Fsp3) is 0.263. The largest absolute Gasteiger partial charge is 0.446 e. The topological polar surface area (TPSA) is 63.2 Å². The third-order valence-corrected chi connectivity index (χ3v) is 10.4. The van der Waals surface area contributed by atoms with Crippen LogP contribution >= 0.6 is 41.7 Å². The Labute approximate surface area is 196 Å². The summed E-state index contributed by atoms with van der Waals surface area (Å²) in [6, 6.07) is 16.9. The number of benzene rings is 2. The van der Waals surface area contributed by atoms with Gasteiger partial charge < -0.3 is 9.84 Å². The van der Waals surface area contributed by atoms with Crippen LogP contribution in [0.1, 0.15) is 13.8 Å². The van der Waals surface area contributed by atoms with Crippen LogP contribution in [0.15, 0.2) is 59.8 Å². The molecule has 2 aromatic rings. The highest BCUT2D eigenvalue weighted by Crippen LogP contribution is 2.57. The molecule has 1 N–H and O–H groups in total. The van der Waals surface area contributed by atoms with Gasteiger partial charge in [0.05, 0.1) is 16.6 Å². The minimum absolute atomic E-state index is 0.228. The quantitative estimate of drug-likeness (QED) is 0.0788. The van der Waals surface area contributed by atoms with Crippen molar-refractivity contribution in [3.8, 4) is 5.75 Å². The zero-order valence-electron chi connectivity index (χ0n) is 16.8. The molecule has 11 heteroatoms. The number of rotatable bonds is 9. The van der Waals surface area contributed by atoms with Crippen LogP contribution in [0.5, 0.6) is 5.75 Å². The van der Waals surface area contributed by atoms with Crippen molar-refractivity contribution in [3.05, 3.63) is 59.6 Å². The molecule has 0 saturated carbocycles. The van der Waals surface area contributed by atoms with Crippen molar-refractivity contribution < 1.29 is 14.2 Å². The first kappa shape index (κ1) is 24.9. The number of hydrogen-bond acceptors (Lipinski definition) is 7. The summed E-state index contributed by atoms with van der Waals surface area (Å²) in [6.07, 6.45) is -0.747. The van der Waals surface area contributed by atoms with Crippen LogP contribution in [0, 0.1) is 0 Å². The van der Waals surface area contributed by atoms with Gasteiger partial charge in [-0.3, -0.25) is 8.91 Å². The summed E-state index contributed by atoms with van der Waals surface area (Å²) in [5.74, 6) is 0.770. The molecular weight excluding hydrogens is 481 g/mol. The maximum Gasteiger partial charge on any atom is 0.434 e. The van der Waals surface area contributed by atoms with Crippen molar-refractivity contribution >= 4 is 70.4 Å². The van der Waals surface area contributed by atoms with Crippen molar-refractivity contribution in [3.63, 3.8) is 0 Å². The minimum Gasteiger partial charge on any atom is -0.446 e. The molecule has 0 radical (unpaired) electrons. The average molecular weight is 504 g/mol. The number of hydrogen-bond donors (Lipinski definition) is 1. The van der Waals surface area contributed by atoms with Crippen LogP contribution in [0.3, 0.4) is 0 Å². The fourth-order valence-electron chi connectivity index (χ4n) is 2.12. The van der Waals surface area contributed by atoms with Gasteiger partial charge >= 0.3 is 6.09 Å². The highest BCUT2D eigenvalue weighted by molar-refractivity contribution is 8.21. The average Bonchev–Trinajstić information content (AvgIpc) is 2.77. The molecule has 0 aliphatic heterocycles. The van der Waals surface area contributed by atoms with Crippen LogP contribution < -0.4 is 13.9 Å². The smallest absolute Gasteiger partial charge is 0.434 e. The molecule has 0 fully saturated rings. The van der Waals surface area contributed by atoms with Crippen molar-refractivity contribution in [2.75, 3.05) is 22.4 Å². The Morgan fingerprint density at radius 3 is 2.53 bits per heavy atom. The van der Waals surface area contributed by atoms with Gasteiger partial charge in [0.1, 0.15) is 10.8 Å². The Morgan fingerprint density at radius 2 is 1.90 bits per heavy atom. The van der Waals surface area contributed by atoms with Gasteiger partial charge in [-0.1, -0.05) is 54.0 Å². The number of nitrogens with zero attached hydrogens (tertiary/aromatic N) is 2. The van der Waals surface area contributed by atoms with E-state index in [1.807, 2.05) is 59.7 Å². The van der Waals surface area contributed by atoms with Gasteiger partial charge in [0.25, 0.3) is 0 Å². The third kappa shape index (κ3) is 7.39. The molecule has 1 unspecified atom stereocenters. The van der Waals surface area contributed by atoms with Crippen LogP contribution in [-0.2, 0) is 16.6 Å². The number of halogens is 1. The second-order valence-corrected chi connectivity index (χ2v) is 12.5. The molecule has 2 aromatic carbocycles. The highest BCUT2D eigenvalue weighted by atomic mass is 35.5. The number of oxime groups is 1. The van der Waals surface area contributed by atoms with Gasteiger partial charge in [0.2, 0.25) is 6.42 Å². The minimum atomic E-state index is -2.55. The summed E-state index contributed by atoms with van der Waals surface area (Å²) in [6.45, 7) is 3.74. The van der Waals surface area contributed by atoms with Crippen molar-refractivity contribution in [1.82, 2.24) is 5.32 Å². The second-order valence-electron chi connectivity index (χ2n) is 5.73. The lowest BCUT2D eigenvalue weighted by Gasteiger charge is -2.34. The van der Waals surface area contributed by atoms with E-state index in [4.69, 9.17) is 32.8 Å². The van der Waals surface area contributed by atoms with Gasteiger partial charge in [-0.05, 0) is 61.2 Å². The fourth-order valence-corrected chi connectivity index (χ4v) is 6.72. The monoisotopic (exact) mass is 503 g/mol. The van der Waals surface area contributed by atoms with E-state index in [0.717, 1.165) is 5.69 Å². The summed E-state index contributed by atoms with van der Waals surface area (Å²) in [4.78, 5) is 16.7. The van der Waals surface area contributed by atoms with E-state index in [2.05, 4.69) is 10.5 Å². The van der Waals surface area contributed by atoms with E-state index in [1.54, 1.807) is 19.1 Å². The van der Waals surface area contributed by atoms with E-state index in [1.165, 1.54) is 23.7 Å². The number of nitrogens with one attached hydrogen (secondary N) is 1. The molecule has 1 atom stereocenters. The molecule has 0 saturated heterocycles. The molecule has 0 heterocycles. The molecule has 30 heavy (non-hydrogen) atoms. The predicted octanol–water partition coefficient (Wildman–Crippen LogP) is 6.58. The number of carbonyl (C=O) groups excluding carboxylic acids is 1. The molecule has 1 amide bonds. The first-order valence-electron chi connectivity index (χ1n) is 8.94. The summed E-state index contributed by atoms with van der Waals surface area (Å²) in [5.41, 5.74) is 0.881. The summed E-state index contributed by atoms with van der Waals surface area (Å²) >= 11 is 15.0. The second kappa shape index (κ2) is 12.5. The Hall–Kier alpha value is -1.38. The first-order valence-corrected chi connectivity index (χ1v) is 14.3. The van der Waals surface area contributed by atoms with Gasteiger partial charge in [0, 0.05) is 6.16 Å². The van der Waals surface area contributed by atoms with E-state index in [9.17, 15) is 4.79 Å². The number of para-hydroxylation sites is 2. The number of anilines is 1. The van der Waals surface area contributed by atoms with Crippen LogP contribution in [0.2, 0.25) is 5.02 Å². The van der Waals surface area contributed by atoms with E-state index >= 15 is 0 Å². The Kier molecular flexibility index (Phi) is 10.3. The molecule has 0 aliphatic carbocycles. The highest BCUT2D eigenvalue weighted by Gasteiger charge is 2.29. The maximum atomic E-state index is 11.9. The summed E-state index contributed by atoms with van der Waals surface area (Å²) in [5, 5.41) is 7.54. The van der Waals surface area contributed by atoms with Crippen molar-refractivity contribution in [2.24, 2.45) is 5.16 Å². The zero-order chi connectivity index (χ0) is 22.0. The van der Waals surface area contributed by atoms with Gasteiger partial charge in [-0.25, -0.2) is 4.79 Å². The summed E-state index contributed by atoms with van der Waals surface area (Å²) < 4.78 is 8.23. The summed E-state index contributed by atoms with van der Waals surface area (Å²) in [7, 11) is 0. The number of thioether (sulfide) groups is 1. The molecule has 0 spiro atoms. The van der Waals surface area contributed by atoms with Gasteiger partial charge in [-0.15, -0.1) is 11.8 Å². The Balaban J connectivity index is 2.17. The zero-order valence-corrected chi connectivity index (χ0v) is 20.9. The lowest BCUT2D eigenvalue weighted by atomic mass is 10.3. The van der Waals surface area contributed by atoms with E-state index in [0.29, 0.717) is 22.0 Å². The number of carbonyl (C=O) groups is 1. The normalized spacial score (nSPS) is 13.3. The predicted molar refractivity (Wildman–Crippen MR) is 135 cm³/mol. The maximum absolute atomic E-state index is 11.9. The van der Waals surface area contributed by atoms with Crippen molar-refractivity contribution in [1.29, 1.82) is 0 Å². The molecule has 6 nitrogen and oxygen atoms in total. The lowest BCUT2D eigenvalue weighted by molar-refractivity contribution is 0.153. The van der Waals surface area contributed by atoms with Crippen LogP contribution in [-0.4, -0.2) is 29.4 Å². The van der Waals surface area contributed by atoms with Gasteiger partial charge in [0.15, 0.2) is 0 Å². The molecule has 0 bridgehead atoms. The Morgan fingerprint density at radius 1 is 1.23 bits per heavy atom. The van der Waals surface area contributed by atoms with Crippen LogP contribution in [0.25, 0.3) is 0 Å². The molecule has 0 aliphatic rings. The Bertz CT molecular complexity index is 918. The first-order chi connectivity index (χ1) is 14.4. The molecular formula is C19H23ClN3O3PS3. The lowest BCUT2D eigenvalue weighted by Crippen LogP contribution is -2.26. The van der Waals surface area contributed by atoms with E-state index < -0.39 is 12.5 Å². The molecule has 162 valence electrons. The van der Waals surface area contributed by atoms with Crippen molar-refractivity contribution in [2.45, 2.75) is 13.8 Å². The van der Waals surface area contributed by atoms with Crippen LogP contribution in [0.4, 0.5) is 10.5 Å². The third-order valence-electron chi connectivity index (χ3n) is 3.69. The SMILES string of the molecule is CCP(=S)(Oc1ccccc1Cl)N(SCNC(=O)ON=C(C)SC)c1ccccc1. The molecule has 2 rings (SSSR count). The van der Waals surface area contributed by atoms with E-state index in [-0.39, 0.29) is 5.88 Å². The molecule has 0 aromatic heterocycles. The number of amides is 1. The standard InChI is InChI=1S/C19H23ClN3O3PS3/c1-4-27(28,26-18-13-9-8-12-17(18)20)23(16-10-6-5-7-11-16)30-14-21-19(24)25-22-15(2)29-3/h5-13H,4,14H2,1-3H3,(H,21,24).